The Morgan fingerprint density at radius 1 is 1.16 bits per heavy atom. The minimum absolute atomic E-state index is 0.254. The summed E-state index contributed by atoms with van der Waals surface area (Å²) in [7, 11) is 1.87. The molecule has 0 spiro atoms. The molecule has 0 amide bonds. The Balaban J connectivity index is 1.28. The van der Waals surface area contributed by atoms with Crippen LogP contribution in [0.25, 0.3) is 0 Å². The number of pyridine rings is 1. The summed E-state index contributed by atoms with van der Waals surface area (Å²) in [6.07, 6.45) is 11.6. The summed E-state index contributed by atoms with van der Waals surface area (Å²) >= 11 is 0. The molecule has 4 rings (SSSR count). The van der Waals surface area contributed by atoms with E-state index < -0.39 is 0 Å². The molecule has 3 heterocycles. The Bertz CT molecular complexity index is 720. The van der Waals surface area contributed by atoms with E-state index in [1.165, 1.54) is 57.1 Å². The topological polar surface area (TPSA) is 65.0 Å². The summed E-state index contributed by atoms with van der Waals surface area (Å²) in [5, 5.41) is 7.20. The van der Waals surface area contributed by atoms with Crippen molar-refractivity contribution < 1.29 is 4.74 Å². The molecular weight excluding hydrogens is 388 g/mol. The smallest absolute Gasteiger partial charge is 0.191 e. The molecule has 7 heteroatoms. The third-order valence-electron chi connectivity index (χ3n) is 6.94. The van der Waals surface area contributed by atoms with Gasteiger partial charge in [0.05, 0.1) is 12.7 Å². The highest BCUT2D eigenvalue weighted by Gasteiger charge is 2.27. The van der Waals surface area contributed by atoms with Crippen LogP contribution in [0.1, 0.15) is 57.4 Å². The Morgan fingerprint density at radius 3 is 2.84 bits per heavy atom. The van der Waals surface area contributed by atoms with E-state index >= 15 is 0 Å². The van der Waals surface area contributed by atoms with E-state index in [0.717, 1.165) is 50.6 Å². The lowest BCUT2D eigenvalue weighted by molar-refractivity contribution is 0.0529. The van der Waals surface area contributed by atoms with Crippen LogP contribution in [-0.2, 0) is 11.3 Å². The molecule has 0 aromatic carbocycles. The Labute approximate surface area is 187 Å². The van der Waals surface area contributed by atoms with Gasteiger partial charge in [0.25, 0.3) is 0 Å². The van der Waals surface area contributed by atoms with E-state index in [0.29, 0.717) is 6.04 Å². The predicted molar refractivity (Wildman–Crippen MR) is 127 cm³/mol. The molecule has 0 radical (unpaired) electrons. The monoisotopic (exact) mass is 428 g/mol. The summed E-state index contributed by atoms with van der Waals surface area (Å²) in [6.45, 7) is 7.82. The van der Waals surface area contributed by atoms with Gasteiger partial charge in [0, 0.05) is 51.5 Å². The van der Waals surface area contributed by atoms with E-state index in [9.17, 15) is 0 Å². The first-order chi connectivity index (χ1) is 15.2. The second kappa shape index (κ2) is 11.1. The van der Waals surface area contributed by atoms with Crippen molar-refractivity contribution in [3.63, 3.8) is 0 Å². The molecule has 172 valence electrons. The molecule has 2 atom stereocenters. The van der Waals surface area contributed by atoms with Crippen molar-refractivity contribution in [2.24, 2.45) is 4.99 Å². The minimum Gasteiger partial charge on any atom is -0.375 e. The highest BCUT2D eigenvalue weighted by atomic mass is 16.5. The summed E-state index contributed by atoms with van der Waals surface area (Å²) in [6, 6.07) is 5.54. The molecule has 2 saturated heterocycles. The van der Waals surface area contributed by atoms with Crippen LogP contribution in [0.4, 0.5) is 5.82 Å². The molecule has 1 aromatic heterocycles. The Morgan fingerprint density at radius 2 is 2.03 bits per heavy atom. The first kappa shape index (κ1) is 22.3. The largest absolute Gasteiger partial charge is 0.375 e. The number of piperidine rings is 1. The summed E-state index contributed by atoms with van der Waals surface area (Å²) < 4.78 is 5.66. The average molecular weight is 429 g/mol. The van der Waals surface area contributed by atoms with Crippen molar-refractivity contribution in [3.8, 4) is 0 Å². The number of hydrogen-bond acceptors (Lipinski definition) is 5. The van der Waals surface area contributed by atoms with Gasteiger partial charge in [-0.3, -0.25) is 9.89 Å². The van der Waals surface area contributed by atoms with Gasteiger partial charge in [0.2, 0.25) is 0 Å². The van der Waals surface area contributed by atoms with Crippen LogP contribution in [0.5, 0.6) is 0 Å². The molecule has 2 aliphatic heterocycles. The summed E-state index contributed by atoms with van der Waals surface area (Å²) in [5.41, 5.74) is 1.22. The lowest BCUT2D eigenvalue weighted by atomic mass is 9.92. The van der Waals surface area contributed by atoms with Crippen molar-refractivity contribution in [1.82, 2.24) is 20.5 Å². The number of nitrogens with one attached hydrogen (secondary N) is 2. The van der Waals surface area contributed by atoms with Crippen LogP contribution in [0.2, 0.25) is 0 Å². The molecule has 3 fully saturated rings. The van der Waals surface area contributed by atoms with Crippen molar-refractivity contribution in [2.75, 3.05) is 44.7 Å². The SMILES string of the molecule is CN=C(NCc1ccnc(N2CCOC(C)C2)c1)NC1CCCN(C2CCCCC2)C1. The average Bonchev–Trinajstić information content (AvgIpc) is 2.83. The third kappa shape index (κ3) is 6.32. The number of rotatable bonds is 5. The number of nitrogens with zero attached hydrogens (tertiary/aromatic N) is 4. The van der Waals surface area contributed by atoms with Crippen LogP contribution < -0.4 is 15.5 Å². The lowest BCUT2D eigenvalue weighted by Gasteiger charge is -2.40. The van der Waals surface area contributed by atoms with Crippen molar-refractivity contribution in [1.29, 1.82) is 0 Å². The van der Waals surface area contributed by atoms with Gasteiger partial charge < -0.3 is 20.3 Å². The number of guanidine groups is 1. The number of ether oxygens (including phenoxy) is 1. The van der Waals surface area contributed by atoms with E-state index in [2.05, 4.69) is 49.5 Å². The van der Waals surface area contributed by atoms with Gasteiger partial charge >= 0.3 is 0 Å². The number of anilines is 1. The molecular formula is C24H40N6O. The molecule has 1 aliphatic carbocycles. The lowest BCUT2D eigenvalue weighted by Crippen LogP contribution is -2.53. The standard InChI is InChI=1S/C24H40N6O/c1-19-17-30(13-14-31-19)23-15-20(10-11-26-23)16-27-24(25-2)28-21-7-6-12-29(18-21)22-8-4-3-5-9-22/h10-11,15,19,21-22H,3-9,12-14,16-18H2,1-2H3,(H2,25,27,28). The molecule has 1 aromatic rings. The zero-order chi connectivity index (χ0) is 21.5. The zero-order valence-corrected chi connectivity index (χ0v) is 19.4. The summed E-state index contributed by atoms with van der Waals surface area (Å²) in [4.78, 5) is 14.1. The van der Waals surface area contributed by atoms with Crippen molar-refractivity contribution in [3.05, 3.63) is 23.9 Å². The van der Waals surface area contributed by atoms with Crippen LogP contribution in [-0.4, -0.2) is 73.9 Å². The van der Waals surface area contributed by atoms with E-state index in [-0.39, 0.29) is 6.10 Å². The number of hydrogen-bond donors (Lipinski definition) is 2. The highest BCUT2D eigenvalue weighted by Crippen LogP contribution is 2.25. The van der Waals surface area contributed by atoms with Crippen LogP contribution in [0, 0.1) is 0 Å². The predicted octanol–water partition coefficient (Wildman–Crippen LogP) is 2.77. The van der Waals surface area contributed by atoms with Crippen LogP contribution in [0.3, 0.4) is 0 Å². The molecule has 7 nitrogen and oxygen atoms in total. The van der Waals surface area contributed by atoms with Gasteiger partial charge in [-0.15, -0.1) is 0 Å². The van der Waals surface area contributed by atoms with E-state index in [4.69, 9.17) is 4.74 Å². The number of aliphatic imine (C=N–C) groups is 1. The fourth-order valence-corrected chi connectivity index (χ4v) is 5.25. The van der Waals surface area contributed by atoms with Crippen LogP contribution in [0.15, 0.2) is 23.3 Å². The normalized spacial score (nSPS) is 26.6. The second-order valence-corrected chi connectivity index (χ2v) is 9.35. The van der Waals surface area contributed by atoms with Crippen molar-refractivity contribution >= 4 is 11.8 Å². The summed E-state index contributed by atoms with van der Waals surface area (Å²) in [5.74, 6) is 1.93. The minimum atomic E-state index is 0.254. The second-order valence-electron chi connectivity index (χ2n) is 9.35. The molecule has 3 aliphatic rings. The fraction of sp³-hybridized carbons (Fsp3) is 0.750. The quantitative estimate of drug-likeness (QED) is 0.555. The molecule has 2 N–H and O–H groups in total. The molecule has 2 unspecified atom stereocenters. The van der Waals surface area contributed by atoms with Gasteiger partial charge in [0.15, 0.2) is 5.96 Å². The highest BCUT2D eigenvalue weighted by molar-refractivity contribution is 5.80. The zero-order valence-electron chi connectivity index (χ0n) is 19.4. The fourth-order valence-electron chi connectivity index (χ4n) is 5.25. The number of morpholine rings is 1. The molecule has 31 heavy (non-hydrogen) atoms. The van der Waals surface area contributed by atoms with Crippen LogP contribution >= 0.6 is 0 Å². The third-order valence-corrected chi connectivity index (χ3v) is 6.94. The molecule has 0 bridgehead atoms. The maximum atomic E-state index is 5.66. The first-order valence-electron chi connectivity index (χ1n) is 12.2. The maximum absolute atomic E-state index is 5.66. The Kier molecular flexibility index (Phi) is 8.03. The first-order valence-corrected chi connectivity index (χ1v) is 12.2. The van der Waals surface area contributed by atoms with E-state index in [1.807, 2.05) is 13.2 Å². The van der Waals surface area contributed by atoms with Gasteiger partial charge in [-0.2, -0.15) is 0 Å². The number of aromatic nitrogens is 1. The van der Waals surface area contributed by atoms with Gasteiger partial charge in [-0.05, 0) is 56.8 Å². The van der Waals surface area contributed by atoms with Crippen molar-refractivity contribution in [2.45, 2.75) is 76.6 Å². The van der Waals surface area contributed by atoms with Gasteiger partial charge in [-0.1, -0.05) is 19.3 Å². The Hall–Kier alpha value is -1.86. The maximum Gasteiger partial charge on any atom is 0.191 e. The molecule has 1 saturated carbocycles. The van der Waals surface area contributed by atoms with Gasteiger partial charge in [-0.25, -0.2) is 4.98 Å². The van der Waals surface area contributed by atoms with E-state index in [1.54, 1.807) is 0 Å². The van der Waals surface area contributed by atoms with Gasteiger partial charge in [0.1, 0.15) is 5.82 Å². The number of likely N-dealkylation sites (tertiary alicyclic amines) is 1.